The molecule has 4 aliphatic heterocycles. The van der Waals surface area contributed by atoms with E-state index in [4.69, 9.17) is 14.7 Å². The summed E-state index contributed by atoms with van der Waals surface area (Å²) in [7, 11) is 0. The minimum Gasteiger partial charge on any atom is -0.365 e. The largest absolute Gasteiger partial charge is 0.365 e. The maximum atomic E-state index is 13.4. The molecule has 6 aliphatic rings. The van der Waals surface area contributed by atoms with Gasteiger partial charge in [0.2, 0.25) is 0 Å². The van der Waals surface area contributed by atoms with Gasteiger partial charge < -0.3 is 19.4 Å². The highest BCUT2D eigenvalue weighted by Crippen LogP contribution is 2.56. The van der Waals surface area contributed by atoms with Crippen molar-refractivity contribution in [2.24, 2.45) is 5.92 Å². The van der Waals surface area contributed by atoms with Gasteiger partial charge in [0.25, 0.3) is 5.91 Å². The first-order chi connectivity index (χ1) is 17.4. The van der Waals surface area contributed by atoms with Gasteiger partial charge in [0, 0.05) is 49.3 Å². The highest BCUT2D eigenvalue weighted by atomic mass is 16.5. The number of aryl methyl sites for hydroxylation is 1. The number of carbonyl (C=O) groups excluding carboxylic acids is 1. The van der Waals surface area contributed by atoms with Gasteiger partial charge in [-0.25, -0.2) is 19.9 Å². The summed E-state index contributed by atoms with van der Waals surface area (Å²) in [6, 6.07) is 3.98. The summed E-state index contributed by atoms with van der Waals surface area (Å²) in [5, 5.41) is 9.45. The Morgan fingerprint density at radius 2 is 2.00 bits per heavy atom. The molecule has 2 aromatic heterocycles. The van der Waals surface area contributed by atoms with Crippen LogP contribution in [0.3, 0.4) is 0 Å². The van der Waals surface area contributed by atoms with E-state index in [-0.39, 0.29) is 17.4 Å². The van der Waals surface area contributed by atoms with Gasteiger partial charge in [0.05, 0.1) is 6.61 Å². The van der Waals surface area contributed by atoms with E-state index in [2.05, 4.69) is 32.8 Å². The van der Waals surface area contributed by atoms with Crippen molar-refractivity contribution in [3.05, 3.63) is 29.5 Å². The van der Waals surface area contributed by atoms with Crippen LogP contribution in [0.25, 0.3) is 0 Å². The molecule has 3 saturated heterocycles. The van der Waals surface area contributed by atoms with Gasteiger partial charge in [-0.3, -0.25) is 4.79 Å². The number of rotatable bonds is 3. The zero-order valence-electron chi connectivity index (χ0n) is 20.8. The van der Waals surface area contributed by atoms with Crippen LogP contribution in [0.5, 0.6) is 0 Å². The van der Waals surface area contributed by atoms with E-state index in [0.717, 1.165) is 63.6 Å². The molecular weight excluding hydrogens is 456 g/mol. The molecule has 6 heterocycles. The fourth-order valence-corrected chi connectivity index (χ4v) is 7.03. The average molecular weight is 487 g/mol. The van der Waals surface area contributed by atoms with Gasteiger partial charge in [-0.15, -0.1) is 0 Å². The third-order valence-electron chi connectivity index (χ3n) is 8.99. The minimum absolute atomic E-state index is 0.00856. The topological polar surface area (TPSA) is 111 Å². The number of fused-ring (bicyclic) bond motifs is 3. The Kier molecular flexibility index (Phi) is 4.62. The number of piperazine rings is 1. The lowest BCUT2D eigenvalue weighted by atomic mass is 9.66. The van der Waals surface area contributed by atoms with Crippen LogP contribution >= 0.6 is 0 Å². The molecule has 1 atom stereocenters. The molecule has 1 amide bonds. The highest BCUT2D eigenvalue weighted by molar-refractivity contribution is 5.87. The van der Waals surface area contributed by atoms with Crippen molar-refractivity contribution in [1.82, 2.24) is 24.8 Å². The van der Waals surface area contributed by atoms with E-state index < -0.39 is 5.60 Å². The molecule has 0 aromatic carbocycles. The zero-order valence-corrected chi connectivity index (χ0v) is 20.8. The molecule has 0 N–H and O–H groups in total. The van der Waals surface area contributed by atoms with Gasteiger partial charge in [-0.05, 0) is 45.4 Å². The Balaban J connectivity index is 1.20. The second-order valence-electron chi connectivity index (χ2n) is 11.3. The van der Waals surface area contributed by atoms with Crippen LogP contribution in [0.2, 0.25) is 0 Å². The molecule has 2 aliphatic carbocycles. The number of carbonyl (C=O) groups is 1. The van der Waals surface area contributed by atoms with Gasteiger partial charge in [-0.1, -0.05) is 6.42 Å². The van der Waals surface area contributed by atoms with Crippen LogP contribution in [0.4, 0.5) is 17.5 Å². The molecule has 0 radical (unpaired) electrons. The summed E-state index contributed by atoms with van der Waals surface area (Å²) >= 11 is 0. The van der Waals surface area contributed by atoms with Gasteiger partial charge in [0.15, 0.2) is 0 Å². The number of amides is 1. The lowest BCUT2D eigenvalue weighted by Crippen LogP contribution is -2.61. The van der Waals surface area contributed by atoms with Crippen LogP contribution in [0.15, 0.2) is 12.4 Å². The fraction of sp³-hybridized carbons (Fsp3) is 0.615. The molecule has 36 heavy (non-hydrogen) atoms. The first-order valence-electron chi connectivity index (χ1n) is 13.0. The summed E-state index contributed by atoms with van der Waals surface area (Å²) in [5.41, 5.74) is 0.996. The third kappa shape index (κ3) is 3.01. The number of hydrogen-bond donors (Lipinski definition) is 0. The lowest BCUT2D eigenvalue weighted by molar-refractivity contribution is -0.157. The Morgan fingerprint density at radius 1 is 1.19 bits per heavy atom. The molecule has 5 fully saturated rings. The summed E-state index contributed by atoms with van der Waals surface area (Å²) in [4.78, 5) is 38.3. The maximum absolute atomic E-state index is 13.4. The van der Waals surface area contributed by atoms with Crippen molar-refractivity contribution in [2.75, 3.05) is 42.6 Å². The van der Waals surface area contributed by atoms with Crippen LogP contribution < -0.4 is 9.80 Å². The molecule has 10 heteroatoms. The summed E-state index contributed by atoms with van der Waals surface area (Å²) in [6.45, 7) is 7.59. The Hall–Kier alpha value is -3.32. The Morgan fingerprint density at radius 3 is 2.67 bits per heavy atom. The van der Waals surface area contributed by atoms with E-state index in [9.17, 15) is 10.1 Å². The van der Waals surface area contributed by atoms with Crippen molar-refractivity contribution in [3.8, 4) is 6.07 Å². The second kappa shape index (κ2) is 7.59. The number of nitriles is 1. The van der Waals surface area contributed by atoms with Crippen molar-refractivity contribution in [3.63, 3.8) is 0 Å². The summed E-state index contributed by atoms with van der Waals surface area (Å²) < 4.78 is 5.92. The fourth-order valence-electron chi connectivity index (χ4n) is 7.03. The van der Waals surface area contributed by atoms with E-state index >= 15 is 0 Å². The second-order valence-corrected chi connectivity index (χ2v) is 11.3. The number of anilines is 3. The predicted molar refractivity (Wildman–Crippen MR) is 131 cm³/mol. The normalized spacial score (nSPS) is 29.5. The smallest absolute Gasteiger partial charge is 0.255 e. The highest BCUT2D eigenvalue weighted by Gasteiger charge is 2.59. The molecule has 1 spiro atoms. The average Bonchev–Trinajstić information content (AvgIpc) is 3.54. The number of ether oxygens (including phenoxy) is 1. The van der Waals surface area contributed by atoms with Crippen molar-refractivity contribution < 1.29 is 9.53 Å². The van der Waals surface area contributed by atoms with Crippen molar-refractivity contribution in [2.45, 2.75) is 63.0 Å². The van der Waals surface area contributed by atoms with Gasteiger partial charge in [-0.2, -0.15) is 5.26 Å². The van der Waals surface area contributed by atoms with Crippen LogP contribution in [-0.2, 0) is 14.9 Å². The summed E-state index contributed by atoms with van der Waals surface area (Å²) in [6.07, 6.45) is 6.75. The first-order valence-corrected chi connectivity index (χ1v) is 13.0. The third-order valence-corrected chi connectivity index (χ3v) is 8.99. The molecule has 1 unspecified atom stereocenters. The van der Waals surface area contributed by atoms with Gasteiger partial charge >= 0.3 is 0 Å². The maximum Gasteiger partial charge on any atom is 0.255 e. The molecule has 186 valence electrons. The van der Waals surface area contributed by atoms with Crippen molar-refractivity contribution in [1.29, 1.82) is 5.26 Å². The molecule has 10 nitrogen and oxygen atoms in total. The lowest BCUT2D eigenvalue weighted by Gasteiger charge is -2.46. The molecule has 2 saturated carbocycles. The van der Waals surface area contributed by atoms with Gasteiger partial charge in [0.1, 0.15) is 47.0 Å². The van der Waals surface area contributed by atoms with E-state index in [1.807, 2.05) is 11.8 Å². The number of nitrogens with zero attached hydrogens (tertiary/aromatic N) is 8. The quantitative estimate of drug-likeness (QED) is 0.645. The summed E-state index contributed by atoms with van der Waals surface area (Å²) in [5.74, 6) is 3.89. The van der Waals surface area contributed by atoms with E-state index in [1.54, 1.807) is 12.4 Å². The molecule has 2 bridgehead atoms. The Labute approximate surface area is 210 Å². The molecule has 2 aromatic rings. The molecular formula is C26H30N8O2. The Bertz CT molecular complexity index is 1290. The SMILES string of the molecule is Cc1nc(C#N)cc(N2CC3(CCC3)c3c(N4CCN(C(=O)C56CC(CO5)C6)C(C)C4)ncnc32)n1. The van der Waals surface area contributed by atoms with Crippen LogP contribution in [0, 0.1) is 24.2 Å². The predicted octanol–water partition coefficient (Wildman–Crippen LogP) is 2.24. The van der Waals surface area contributed by atoms with E-state index in [0.29, 0.717) is 29.8 Å². The number of aromatic nitrogens is 4. The minimum atomic E-state index is -0.550. The monoisotopic (exact) mass is 486 g/mol. The van der Waals surface area contributed by atoms with Crippen molar-refractivity contribution >= 4 is 23.4 Å². The number of hydrogen-bond acceptors (Lipinski definition) is 9. The zero-order chi connectivity index (χ0) is 24.7. The van der Waals surface area contributed by atoms with E-state index in [1.165, 1.54) is 12.0 Å². The van der Waals surface area contributed by atoms with Crippen LogP contribution in [0.1, 0.15) is 56.1 Å². The molecule has 8 rings (SSSR count). The first kappa shape index (κ1) is 21.9. The standard InChI is InChI=1S/C26H30N8O2/c1-16-12-32(6-7-33(16)24(35)26-9-18(10-26)13-36-26)22-21-23(29-15-28-22)34(14-25(21)4-3-5-25)20-8-19(11-27)30-17(2)31-20/h8,15-16,18H,3-7,9-10,12-14H2,1-2H3. The van der Waals surface area contributed by atoms with Crippen LogP contribution in [-0.4, -0.2) is 75.2 Å².